The highest BCUT2D eigenvalue weighted by molar-refractivity contribution is 5.98. The normalized spacial score (nSPS) is 24.3. The van der Waals surface area contributed by atoms with E-state index in [4.69, 9.17) is 0 Å². The molecule has 5 heteroatoms. The van der Waals surface area contributed by atoms with Crippen molar-refractivity contribution in [2.45, 2.75) is 56.9 Å². The Hall–Kier alpha value is -1.88. The first-order valence-corrected chi connectivity index (χ1v) is 10.3. The average Bonchev–Trinajstić information content (AvgIpc) is 3.23. The molecule has 1 unspecified atom stereocenters. The first-order valence-electron chi connectivity index (χ1n) is 10.3. The van der Waals surface area contributed by atoms with Gasteiger partial charge in [-0.1, -0.05) is 19.3 Å². The Balaban J connectivity index is 1.66. The summed E-state index contributed by atoms with van der Waals surface area (Å²) in [6.07, 6.45) is 6.95. The molecule has 1 aromatic rings. The lowest BCUT2D eigenvalue weighted by Gasteiger charge is -2.34. The predicted octanol–water partition coefficient (Wildman–Crippen LogP) is 3.03. The molecule has 4 rings (SSSR count). The number of carbonyl (C=O) groups excluding carboxylic acids is 2. The van der Waals surface area contributed by atoms with Crippen molar-refractivity contribution in [2.75, 3.05) is 38.6 Å². The van der Waals surface area contributed by atoms with E-state index in [0.717, 1.165) is 50.1 Å². The topological polar surface area (TPSA) is 43.9 Å². The average molecular weight is 370 g/mol. The van der Waals surface area contributed by atoms with Crippen LogP contribution < -0.4 is 4.90 Å². The van der Waals surface area contributed by atoms with Gasteiger partial charge in [-0.25, -0.2) is 0 Å². The number of hydrogen-bond acceptors (Lipinski definition) is 3. The number of benzene rings is 1. The van der Waals surface area contributed by atoms with E-state index >= 15 is 0 Å². The van der Waals surface area contributed by atoms with Gasteiger partial charge in [0.2, 0.25) is 5.91 Å². The largest absolute Gasteiger partial charge is 0.337 e. The molecule has 2 amide bonds. The fraction of sp³-hybridized carbons (Fsp3) is 0.636. The van der Waals surface area contributed by atoms with Crippen LogP contribution >= 0.6 is 0 Å². The summed E-state index contributed by atoms with van der Waals surface area (Å²) in [6.45, 7) is 4.41. The minimum Gasteiger partial charge on any atom is -0.337 e. The molecule has 146 valence electrons. The Morgan fingerprint density at radius 1 is 1.19 bits per heavy atom. The van der Waals surface area contributed by atoms with E-state index in [0.29, 0.717) is 0 Å². The Morgan fingerprint density at radius 3 is 2.56 bits per heavy atom. The molecule has 0 aromatic heterocycles. The molecule has 1 atom stereocenters. The van der Waals surface area contributed by atoms with Gasteiger partial charge in [0.15, 0.2) is 0 Å². The van der Waals surface area contributed by atoms with Gasteiger partial charge in [0.05, 0.1) is 0 Å². The Bertz CT molecular complexity index is 754. The number of likely N-dealkylation sites (N-methyl/N-ethyl adjacent to an activating group) is 2. The molecule has 1 saturated carbocycles. The van der Waals surface area contributed by atoms with Crippen LogP contribution in [0.2, 0.25) is 0 Å². The van der Waals surface area contributed by atoms with Crippen LogP contribution in [0, 0.1) is 0 Å². The summed E-state index contributed by atoms with van der Waals surface area (Å²) in [6, 6.07) is 6.30. The minimum atomic E-state index is 0.0433. The number of hydrogen-bond donors (Lipinski definition) is 0. The SMILES string of the molecule is CC(=O)N1CC2(CCCCC2)c2cc(C(=O)N(C)C3CCN(C)C3)ccc21. The molecule has 0 N–H and O–H groups in total. The standard InChI is InChI=1S/C22H31N3O2/c1-16(26)25-15-22(10-5-4-6-11-22)19-13-17(7-8-20(19)25)21(27)24(3)18-9-12-23(2)14-18/h7-8,13,18H,4-6,9-12,14-15H2,1-3H3. The van der Waals surface area contributed by atoms with Crippen LogP contribution in [0.4, 0.5) is 5.69 Å². The van der Waals surface area contributed by atoms with Gasteiger partial charge in [-0.2, -0.15) is 0 Å². The molecule has 2 aliphatic heterocycles. The lowest BCUT2D eigenvalue weighted by atomic mass is 9.70. The smallest absolute Gasteiger partial charge is 0.253 e. The Labute approximate surface area is 162 Å². The van der Waals surface area contributed by atoms with Crippen LogP contribution in [-0.2, 0) is 10.2 Å². The van der Waals surface area contributed by atoms with Gasteiger partial charge in [-0.3, -0.25) is 9.59 Å². The second-order valence-electron chi connectivity index (χ2n) is 8.80. The molecule has 1 saturated heterocycles. The van der Waals surface area contributed by atoms with E-state index in [9.17, 15) is 9.59 Å². The van der Waals surface area contributed by atoms with Crippen molar-refractivity contribution in [2.24, 2.45) is 0 Å². The molecule has 5 nitrogen and oxygen atoms in total. The van der Waals surface area contributed by atoms with Crippen LogP contribution in [0.15, 0.2) is 18.2 Å². The number of rotatable bonds is 2. The summed E-state index contributed by atoms with van der Waals surface area (Å²) in [5.74, 6) is 0.203. The molecule has 1 aromatic carbocycles. The molecule has 0 radical (unpaired) electrons. The minimum absolute atomic E-state index is 0.0433. The van der Waals surface area contributed by atoms with E-state index in [-0.39, 0.29) is 23.3 Å². The Kier molecular flexibility index (Phi) is 4.75. The van der Waals surface area contributed by atoms with Crippen molar-refractivity contribution in [1.29, 1.82) is 0 Å². The highest BCUT2D eigenvalue weighted by Gasteiger charge is 2.44. The van der Waals surface area contributed by atoms with Crippen molar-refractivity contribution in [3.8, 4) is 0 Å². The lowest BCUT2D eigenvalue weighted by Crippen LogP contribution is -2.39. The maximum absolute atomic E-state index is 13.2. The summed E-state index contributed by atoms with van der Waals surface area (Å²) in [4.78, 5) is 31.5. The third kappa shape index (κ3) is 3.16. The van der Waals surface area contributed by atoms with Gasteiger partial charge < -0.3 is 14.7 Å². The number of nitrogens with zero attached hydrogens (tertiary/aromatic N) is 3. The summed E-state index contributed by atoms with van der Waals surface area (Å²) >= 11 is 0. The Morgan fingerprint density at radius 2 is 1.93 bits per heavy atom. The number of fused-ring (bicyclic) bond motifs is 2. The lowest BCUT2D eigenvalue weighted by molar-refractivity contribution is -0.116. The fourth-order valence-corrected chi connectivity index (χ4v) is 5.34. The maximum Gasteiger partial charge on any atom is 0.253 e. The summed E-state index contributed by atoms with van der Waals surface area (Å²) in [5.41, 5.74) is 3.05. The highest BCUT2D eigenvalue weighted by atomic mass is 16.2. The molecular formula is C22H31N3O2. The van der Waals surface area contributed by atoms with Crippen LogP contribution in [0.1, 0.15) is 61.4 Å². The molecule has 2 heterocycles. The number of amides is 2. The van der Waals surface area contributed by atoms with Gasteiger partial charge in [0.1, 0.15) is 0 Å². The highest BCUT2D eigenvalue weighted by Crippen LogP contribution is 2.49. The number of likely N-dealkylation sites (tertiary alicyclic amines) is 1. The van der Waals surface area contributed by atoms with Gasteiger partial charge in [0.25, 0.3) is 5.91 Å². The van der Waals surface area contributed by atoms with Gasteiger partial charge in [-0.15, -0.1) is 0 Å². The zero-order valence-corrected chi connectivity index (χ0v) is 16.8. The first kappa shape index (κ1) is 18.5. The molecule has 27 heavy (non-hydrogen) atoms. The second-order valence-corrected chi connectivity index (χ2v) is 8.80. The van der Waals surface area contributed by atoms with Crippen molar-refractivity contribution < 1.29 is 9.59 Å². The monoisotopic (exact) mass is 369 g/mol. The zero-order chi connectivity index (χ0) is 19.2. The third-order valence-corrected chi connectivity index (χ3v) is 6.99. The number of anilines is 1. The van der Waals surface area contributed by atoms with Crippen LogP contribution in [-0.4, -0.2) is 61.4 Å². The van der Waals surface area contributed by atoms with E-state index in [1.54, 1.807) is 6.92 Å². The number of carbonyl (C=O) groups is 2. The van der Waals surface area contributed by atoms with Crippen LogP contribution in [0.3, 0.4) is 0 Å². The van der Waals surface area contributed by atoms with Crippen molar-refractivity contribution in [3.63, 3.8) is 0 Å². The van der Waals surface area contributed by atoms with E-state index in [1.165, 1.54) is 24.8 Å². The second kappa shape index (κ2) is 6.93. The zero-order valence-electron chi connectivity index (χ0n) is 16.8. The molecule has 3 aliphatic rings. The van der Waals surface area contributed by atoms with Gasteiger partial charge >= 0.3 is 0 Å². The van der Waals surface area contributed by atoms with Crippen molar-refractivity contribution in [1.82, 2.24) is 9.80 Å². The summed E-state index contributed by atoms with van der Waals surface area (Å²) in [5, 5.41) is 0. The molecule has 2 fully saturated rings. The van der Waals surface area contributed by atoms with Crippen LogP contribution in [0.5, 0.6) is 0 Å². The summed E-state index contributed by atoms with van der Waals surface area (Å²) < 4.78 is 0. The quantitative estimate of drug-likeness (QED) is 0.805. The fourth-order valence-electron chi connectivity index (χ4n) is 5.34. The van der Waals surface area contributed by atoms with Crippen molar-refractivity contribution >= 4 is 17.5 Å². The maximum atomic E-state index is 13.2. The van der Waals surface area contributed by atoms with Gasteiger partial charge in [-0.05, 0) is 56.6 Å². The predicted molar refractivity (Wildman–Crippen MR) is 107 cm³/mol. The van der Waals surface area contributed by atoms with E-state index in [1.807, 2.05) is 29.0 Å². The molecule has 0 bridgehead atoms. The molecule has 1 aliphatic carbocycles. The third-order valence-electron chi connectivity index (χ3n) is 6.99. The molecule has 1 spiro atoms. The van der Waals surface area contributed by atoms with E-state index in [2.05, 4.69) is 18.0 Å². The first-order chi connectivity index (χ1) is 12.9. The van der Waals surface area contributed by atoms with E-state index < -0.39 is 0 Å². The van der Waals surface area contributed by atoms with Crippen molar-refractivity contribution in [3.05, 3.63) is 29.3 Å². The van der Waals surface area contributed by atoms with Crippen LogP contribution in [0.25, 0.3) is 0 Å². The summed E-state index contributed by atoms with van der Waals surface area (Å²) in [7, 11) is 4.04. The van der Waals surface area contributed by atoms with Gasteiger partial charge in [0, 0.05) is 49.8 Å². The molecular weight excluding hydrogens is 338 g/mol.